The van der Waals surface area contributed by atoms with Crippen LogP contribution in [0.1, 0.15) is 21.6 Å². The Balaban J connectivity index is 1.85. The van der Waals surface area contributed by atoms with Crippen molar-refractivity contribution in [1.82, 2.24) is 14.9 Å². The summed E-state index contributed by atoms with van der Waals surface area (Å²) in [4.78, 5) is 22.7. The van der Waals surface area contributed by atoms with Crippen LogP contribution in [0, 0.1) is 0 Å². The maximum Gasteiger partial charge on any atom is 0.274 e. The zero-order valence-electron chi connectivity index (χ0n) is 13.2. The molecule has 1 heterocycles. The Morgan fingerprint density at radius 2 is 1.38 bits per heavy atom. The van der Waals surface area contributed by atoms with Crippen LogP contribution in [0.25, 0.3) is 0 Å². The smallest absolute Gasteiger partial charge is 0.274 e. The highest BCUT2D eigenvalue weighted by Gasteiger charge is 2.18. The summed E-state index contributed by atoms with van der Waals surface area (Å²) in [5.41, 5.74) is 7.96. The van der Waals surface area contributed by atoms with E-state index in [-0.39, 0.29) is 11.6 Å². The van der Waals surface area contributed by atoms with Gasteiger partial charge < -0.3 is 10.6 Å². The minimum Gasteiger partial charge on any atom is -0.382 e. The van der Waals surface area contributed by atoms with E-state index in [9.17, 15) is 4.79 Å². The van der Waals surface area contributed by atoms with Crippen LogP contribution in [0.5, 0.6) is 0 Å². The Labute approximate surface area is 140 Å². The Hall–Kier alpha value is -3.21. The molecule has 0 saturated heterocycles. The van der Waals surface area contributed by atoms with Gasteiger partial charge in [0.15, 0.2) is 0 Å². The minimum atomic E-state index is -0.171. The van der Waals surface area contributed by atoms with E-state index in [4.69, 9.17) is 5.73 Å². The van der Waals surface area contributed by atoms with E-state index in [1.807, 2.05) is 60.7 Å². The average Bonchev–Trinajstić information content (AvgIpc) is 2.63. The standard InChI is InChI=1S/C19H18N4O/c20-18-12-21-17(11-22-18)19(24)23(13-15-7-3-1-4-8-15)14-16-9-5-2-6-10-16/h1-12H,13-14H2,(H2,20,22). The van der Waals surface area contributed by atoms with Gasteiger partial charge in [0.25, 0.3) is 5.91 Å². The number of nitrogens with zero attached hydrogens (tertiary/aromatic N) is 3. The molecule has 5 heteroatoms. The monoisotopic (exact) mass is 318 g/mol. The molecular formula is C19H18N4O. The van der Waals surface area contributed by atoms with Crippen molar-refractivity contribution in [3.63, 3.8) is 0 Å². The van der Waals surface area contributed by atoms with Crippen molar-refractivity contribution in [3.05, 3.63) is 89.9 Å². The largest absolute Gasteiger partial charge is 0.382 e. The van der Waals surface area contributed by atoms with Gasteiger partial charge in [-0.2, -0.15) is 0 Å². The number of nitrogens with two attached hydrogens (primary N) is 1. The number of aromatic nitrogens is 2. The van der Waals surface area contributed by atoms with Gasteiger partial charge in [-0.05, 0) is 11.1 Å². The van der Waals surface area contributed by atoms with Crippen LogP contribution < -0.4 is 5.73 Å². The van der Waals surface area contributed by atoms with Gasteiger partial charge in [0.05, 0.1) is 12.4 Å². The normalized spacial score (nSPS) is 10.3. The molecule has 1 amide bonds. The molecule has 0 unspecified atom stereocenters. The Kier molecular flexibility index (Phi) is 4.81. The summed E-state index contributed by atoms with van der Waals surface area (Å²) in [6.07, 6.45) is 2.82. The maximum absolute atomic E-state index is 12.8. The highest BCUT2D eigenvalue weighted by Crippen LogP contribution is 2.13. The van der Waals surface area contributed by atoms with Gasteiger partial charge in [-0.3, -0.25) is 4.79 Å². The lowest BCUT2D eigenvalue weighted by Gasteiger charge is -2.22. The molecule has 0 bridgehead atoms. The van der Waals surface area contributed by atoms with Gasteiger partial charge in [-0.1, -0.05) is 60.7 Å². The second-order valence-electron chi connectivity index (χ2n) is 5.46. The summed E-state index contributed by atoms with van der Waals surface area (Å²) in [5.74, 6) is 0.124. The van der Waals surface area contributed by atoms with Crippen molar-refractivity contribution in [2.45, 2.75) is 13.1 Å². The van der Waals surface area contributed by atoms with Gasteiger partial charge in [0.2, 0.25) is 0 Å². The number of anilines is 1. The molecule has 3 rings (SSSR count). The lowest BCUT2D eigenvalue weighted by molar-refractivity contribution is 0.0723. The van der Waals surface area contributed by atoms with E-state index < -0.39 is 0 Å². The number of hydrogen-bond donors (Lipinski definition) is 1. The van der Waals surface area contributed by atoms with Crippen molar-refractivity contribution in [1.29, 1.82) is 0 Å². The molecule has 120 valence electrons. The fourth-order valence-electron chi connectivity index (χ4n) is 2.42. The Morgan fingerprint density at radius 3 is 1.83 bits per heavy atom. The van der Waals surface area contributed by atoms with Crippen LogP contribution in [0.4, 0.5) is 5.82 Å². The number of nitrogen functional groups attached to an aromatic ring is 1. The minimum absolute atomic E-state index is 0.171. The van der Waals surface area contributed by atoms with Gasteiger partial charge in [0.1, 0.15) is 11.5 Å². The van der Waals surface area contributed by atoms with Crippen molar-refractivity contribution >= 4 is 11.7 Å². The third-order valence-corrected chi connectivity index (χ3v) is 3.61. The van der Waals surface area contributed by atoms with Crippen LogP contribution in [-0.2, 0) is 13.1 Å². The molecular weight excluding hydrogens is 300 g/mol. The van der Waals surface area contributed by atoms with Gasteiger partial charge in [0, 0.05) is 13.1 Å². The summed E-state index contributed by atoms with van der Waals surface area (Å²) in [7, 11) is 0. The van der Waals surface area contributed by atoms with Crippen molar-refractivity contribution in [3.8, 4) is 0 Å². The summed E-state index contributed by atoms with van der Waals surface area (Å²) in [5, 5.41) is 0. The summed E-state index contributed by atoms with van der Waals surface area (Å²) < 4.78 is 0. The molecule has 1 aromatic heterocycles. The van der Waals surface area contributed by atoms with E-state index in [1.165, 1.54) is 12.4 Å². The van der Waals surface area contributed by atoms with Crippen molar-refractivity contribution in [2.75, 3.05) is 5.73 Å². The van der Waals surface area contributed by atoms with Gasteiger partial charge >= 0.3 is 0 Å². The van der Waals surface area contributed by atoms with Gasteiger partial charge in [-0.25, -0.2) is 9.97 Å². The van der Waals surface area contributed by atoms with E-state index in [0.29, 0.717) is 18.9 Å². The Morgan fingerprint density at radius 1 is 0.833 bits per heavy atom. The number of carbonyl (C=O) groups is 1. The Bertz CT molecular complexity index is 747. The number of amides is 1. The molecule has 0 aliphatic rings. The zero-order chi connectivity index (χ0) is 16.8. The first-order valence-corrected chi connectivity index (χ1v) is 7.67. The summed E-state index contributed by atoms with van der Waals surface area (Å²) >= 11 is 0. The number of hydrogen-bond acceptors (Lipinski definition) is 4. The lowest BCUT2D eigenvalue weighted by atomic mass is 10.1. The van der Waals surface area contributed by atoms with Crippen molar-refractivity contribution in [2.24, 2.45) is 0 Å². The molecule has 3 aromatic rings. The molecule has 2 aromatic carbocycles. The second kappa shape index (κ2) is 7.37. The molecule has 24 heavy (non-hydrogen) atoms. The topological polar surface area (TPSA) is 72.1 Å². The fraction of sp³-hybridized carbons (Fsp3) is 0.105. The van der Waals surface area contributed by atoms with E-state index in [0.717, 1.165) is 11.1 Å². The fourth-order valence-corrected chi connectivity index (χ4v) is 2.42. The first kappa shape index (κ1) is 15.7. The van der Waals surface area contributed by atoms with E-state index in [2.05, 4.69) is 9.97 Å². The second-order valence-corrected chi connectivity index (χ2v) is 5.46. The molecule has 0 atom stereocenters. The van der Waals surface area contributed by atoms with Gasteiger partial charge in [-0.15, -0.1) is 0 Å². The predicted molar refractivity (Wildman–Crippen MR) is 92.9 cm³/mol. The number of benzene rings is 2. The molecule has 0 fully saturated rings. The predicted octanol–water partition coefficient (Wildman–Crippen LogP) is 2.90. The van der Waals surface area contributed by atoms with E-state index >= 15 is 0 Å². The summed E-state index contributed by atoms with van der Waals surface area (Å²) in [6, 6.07) is 19.8. The number of carbonyl (C=O) groups excluding carboxylic acids is 1. The molecule has 5 nitrogen and oxygen atoms in total. The molecule has 2 N–H and O–H groups in total. The molecule has 0 radical (unpaired) electrons. The molecule has 0 spiro atoms. The van der Waals surface area contributed by atoms with Crippen LogP contribution in [0.15, 0.2) is 73.1 Å². The molecule has 0 aliphatic heterocycles. The third-order valence-electron chi connectivity index (χ3n) is 3.61. The highest BCUT2D eigenvalue weighted by molar-refractivity contribution is 5.92. The SMILES string of the molecule is Nc1cnc(C(=O)N(Cc2ccccc2)Cc2ccccc2)cn1. The third kappa shape index (κ3) is 3.95. The number of rotatable bonds is 5. The molecule has 0 saturated carbocycles. The van der Waals surface area contributed by atoms with Crippen LogP contribution >= 0.6 is 0 Å². The van der Waals surface area contributed by atoms with Crippen LogP contribution in [-0.4, -0.2) is 20.8 Å². The van der Waals surface area contributed by atoms with Crippen molar-refractivity contribution < 1.29 is 4.79 Å². The zero-order valence-corrected chi connectivity index (χ0v) is 13.2. The first-order valence-electron chi connectivity index (χ1n) is 7.67. The summed E-state index contributed by atoms with van der Waals surface area (Å²) in [6.45, 7) is 1.00. The first-order chi connectivity index (χ1) is 11.7. The lowest BCUT2D eigenvalue weighted by Crippen LogP contribution is -2.31. The molecule has 0 aliphatic carbocycles. The maximum atomic E-state index is 12.8. The van der Waals surface area contributed by atoms with E-state index in [1.54, 1.807) is 4.90 Å². The van der Waals surface area contributed by atoms with Crippen LogP contribution in [0.3, 0.4) is 0 Å². The van der Waals surface area contributed by atoms with Crippen LogP contribution in [0.2, 0.25) is 0 Å². The average molecular weight is 318 g/mol. The highest BCUT2D eigenvalue weighted by atomic mass is 16.2. The quantitative estimate of drug-likeness (QED) is 0.785.